The zero-order valence-corrected chi connectivity index (χ0v) is 14.0. The summed E-state index contributed by atoms with van der Waals surface area (Å²) in [4.78, 5) is 12.2. The Morgan fingerprint density at radius 2 is 1.91 bits per heavy atom. The predicted octanol–water partition coefficient (Wildman–Crippen LogP) is 3.80. The normalized spacial score (nSPS) is 10.5. The van der Waals surface area contributed by atoms with E-state index in [1.165, 1.54) is 5.56 Å². The van der Waals surface area contributed by atoms with Crippen molar-refractivity contribution in [2.45, 2.75) is 39.7 Å². The number of rotatable bonds is 9. The molecule has 1 aromatic heterocycles. The van der Waals surface area contributed by atoms with Crippen LogP contribution in [-0.4, -0.2) is 17.8 Å². The Kier molecular flexibility index (Phi) is 6.73. The number of nitrogens with zero attached hydrogens (tertiary/aromatic N) is 1. The standard InChI is InChI=1S/C19H25NO3/c1-3-13-23-18-10-7-12-20(19(18)21)11-4-5-14-22-17-9-6-8-16(2)15-17/h6-10,12,15H,3-5,11,13-14H2,1-2H3. The molecule has 4 heteroatoms. The Balaban J connectivity index is 1.77. The van der Waals surface area contributed by atoms with Gasteiger partial charge >= 0.3 is 0 Å². The highest BCUT2D eigenvalue weighted by atomic mass is 16.5. The van der Waals surface area contributed by atoms with Crippen LogP contribution in [0.25, 0.3) is 0 Å². The molecular formula is C19H25NO3. The van der Waals surface area contributed by atoms with Crippen LogP contribution < -0.4 is 15.0 Å². The van der Waals surface area contributed by atoms with E-state index in [-0.39, 0.29) is 5.56 Å². The van der Waals surface area contributed by atoms with Gasteiger partial charge in [-0.05, 0) is 56.0 Å². The fraction of sp³-hybridized carbons (Fsp3) is 0.421. The zero-order valence-electron chi connectivity index (χ0n) is 14.0. The van der Waals surface area contributed by atoms with Crippen LogP contribution in [0.15, 0.2) is 47.4 Å². The van der Waals surface area contributed by atoms with Crippen molar-refractivity contribution in [2.24, 2.45) is 0 Å². The first kappa shape index (κ1) is 17.1. The number of aromatic nitrogens is 1. The third-order valence-electron chi connectivity index (χ3n) is 3.50. The topological polar surface area (TPSA) is 40.5 Å². The molecule has 124 valence electrons. The van der Waals surface area contributed by atoms with Gasteiger partial charge in [0.1, 0.15) is 5.75 Å². The summed E-state index contributed by atoms with van der Waals surface area (Å²) in [7, 11) is 0. The minimum atomic E-state index is -0.0550. The van der Waals surface area contributed by atoms with Gasteiger partial charge in [0.25, 0.3) is 5.56 Å². The minimum Gasteiger partial charge on any atom is -0.494 e. The molecule has 0 N–H and O–H groups in total. The maximum atomic E-state index is 12.2. The molecule has 1 heterocycles. The van der Waals surface area contributed by atoms with E-state index < -0.39 is 0 Å². The largest absolute Gasteiger partial charge is 0.494 e. The Labute approximate surface area is 137 Å². The Bertz CT molecular complexity index is 664. The van der Waals surface area contributed by atoms with Crippen molar-refractivity contribution in [2.75, 3.05) is 13.2 Å². The molecule has 0 radical (unpaired) electrons. The molecule has 0 unspecified atom stereocenters. The average Bonchev–Trinajstić information content (AvgIpc) is 2.55. The second kappa shape index (κ2) is 9.03. The molecule has 23 heavy (non-hydrogen) atoms. The minimum absolute atomic E-state index is 0.0550. The third kappa shape index (κ3) is 5.47. The molecule has 0 bridgehead atoms. The van der Waals surface area contributed by atoms with Crippen LogP contribution in [0.1, 0.15) is 31.7 Å². The van der Waals surface area contributed by atoms with Crippen molar-refractivity contribution in [1.29, 1.82) is 0 Å². The van der Waals surface area contributed by atoms with Gasteiger partial charge in [-0.3, -0.25) is 4.79 Å². The fourth-order valence-electron chi connectivity index (χ4n) is 2.29. The van der Waals surface area contributed by atoms with Gasteiger partial charge in [0.05, 0.1) is 13.2 Å². The van der Waals surface area contributed by atoms with E-state index in [0.717, 1.165) is 25.0 Å². The second-order valence-corrected chi connectivity index (χ2v) is 5.59. The summed E-state index contributed by atoms with van der Waals surface area (Å²) in [6, 6.07) is 11.6. The van der Waals surface area contributed by atoms with Gasteiger partial charge in [0, 0.05) is 12.7 Å². The first-order valence-corrected chi connectivity index (χ1v) is 8.22. The molecule has 2 rings (SSSR count). The lowest BCUT2D eigenvalue weighted by Crippen LogP contribution is -2.21. The Morgan fingerprint density at radius 1 is 1.04 bits per heavy atom. The molecule has 0 aliphatic heterocycles. The molecular weight excluding hydrogens is 290 g/mol. The highest BCUT2D eigenvalue weighted by molar-refractivity contribution is 5.27. The number of hydrogen-bond acceptors (Lipinski definition) is 3. The lowest BCUT2D eigenvalue weighted by atomic mass is 10.2. The lowest BCUT2D eigenvalue weighted by Gasteiger charge is -2.10. The quantitative estimate of drug-likeness (QED) is 0.661. The highest BCUT2D eigenvalue weighted by Gasteiger charge is 2.03. The summed E-state index contributed by atoms with van der Waals surface area (Å²) in [6.07, 6.45) is 4.50. The first-order chi connectivity index (χ1) is 11.2. The number of benzene rings is 1. The maximum absolute atomic E-state index is 12.2. The maximum Gasteiger partial charge on any atom is 0.292 e. The van der Waals surface area contributed by atoms with E-state index in [1.54, 1.807) is 10.6 Å². The first-order valence-electron chi connectivity index (χ1n) is 8.22. The van der Waals surface area contributed by atoms with Crippen LogP contribution in [0.4, 0.5) is 0 Å². The summed E-state index contributed by atoms with van der Waals surface area (Å²) < 4.78 is 12.9. The monoisotopic (exact) mass is 315 g/mol. The Hall–Kier alpha value is -2.23. The number of pyridine rings is 1. The number of ether oxygens (including phenoxy) is 2. The lowest BCUT2D eigenvalue weighted by molar-refractivity contribution is 0.299. The number of unbranched alkanes of at least 4 members (excludes halogenated alkanes) is 1. The van der Waals surface area contributed by atoms with Crippen molar-refractivity contribution >= 4 is 0 Å². The van der Waals surface area contributed by atoms with Crippen LogP contribution in [-0.2, 0) is 6.54 Å². The van der Waals surface area contributed by atoms with E-state index in [9.17, 15) is 4.79 Å². The van der Waals surface area contributed by atoms with Gasteiger partial charge in [-0.25, -0.2) is 0 Å². The molecule has 0 fully saturated rings. The molecule has 1 aromatic carbocycles. The Morgan fingerprint density at radius 3 is 2.70 bits per heavy atom. The summed E-state index contributed by atoms with van der Waals surface area (Å²) in [5.41, 5.74) is 1.14. The molecule has 0 atom stereocenters. The number of aryl methyl sites for hydroxylation is 2. The third-order valence-corrected chi connectivity index (χ3v) is 3.50. The average molecular weight is 315 g/mol. The van der Waals surface area contributed by atoms with Crippen LogP contribution in [0.2, 0.25) is 0 Å². The van der Waals surface area contributed by atoms with Crippen molar-refractivity contribution < 1.29 is 9.47 Å². The van der Waals surface area contributed by atoms with Crippen LogP contribution in [0.3, 0.4) is 0 Å². The summed E-state index contributed by atoms with van der Waals surface area (Å²) in [6.45, 7) is 5.98. The molecule has 0 saturated carbocycles. The van der Waals surface area contributed by atoms with E-state index in [2.05, 4.69) is 0 Å². The van der Waals surface area contributed by atoms with Gasteiger partial charge < -0.3 is 14.0 Å². The van der Waals surface area contributed by atoms with Crippen LogP contribution in [0.5, 0.6) is 11.5 Å². The van der Waals surface area contributed by atoms with Crippen molar-refractivity contribution in [3.8, 4) is 11.5 Å². The van der Waals surface area contributed by atoms with Gasteiger partial charge in [0.2, 0.25) is 0 Å². The zero-order chi connectivity index (χ0) is 16.5. The van der Waals surface area contributed by atoms with E-state index in [1.807, 2.05) is 50.4 Å². The predicted molar refractivity (Wildman–Crippen MR) is 92.4 cm³/mol. The molecule has 0 saturated heterocycles. The highest BCUT2D eigenvalue weighted by Crippen LogP contribution is 2.12. The van der Waals surface area contributed by atoms with E-state index in [4.69, 9.17) is 9.47 Å². The van der Waals surface area contributed by atoms with Crippen molar-refractivity contribution in [1.82, 2.24) is 4.57 Å². The number of hydrogen-bond donors (Lipinski definition) is 0. The van der Waals surface area contributed by atoms with Crippen LogP contribution in [0, 0.1) is 6.92 Å². The van der Waals surface area contributed by atoms with Crippen LogP contribution >= 0.6 is 0 Å². The van der Waals surface area contributed by atoms with Gasteiger partial charge in [-0.2, -0.15) is 0 Å². The van der Waals surface area contributed by atoms with E-state index >= 15 is 0 Å². The van der Waals surface area contributed by atoms with Gasteiger partial charge in [-0.1, -0.05) is 19.1 Å². The molecule has 0 aliphatic carbocycles. The molecule has 0 aliphatic rings. The molecule has 0 amide bonds. The molecule has 4 nitrogen and oxygen atoms in total. The smallest absolute Gasteiger partial charge is 0.292 e. The second-order valence-electron chi connectivity index (χ2n) is 5.59. The van der Waals surface area contributed by atoms with Gasteiger partial charge in [0.15, 0.2) is 5.75 Å². The summed E-state index contributed by atoms with van der Waals surface area (Å²) in [5, 5.41) is 0. The molecule has 0 spiro atoms. The SMILES string of the molecule is CCCOc1cccn(CCCCOc2cccc(C)c2)c1=O. The van der Waals surface area contributed by atoms with E-state index in [0.29, 0.717) is 25.5 Å². The van der Waals surface area contributed by atoms with Gasteiger partial charge in [-0.15, -0.1) is 0 Å². The summed E-state index contributed by atoms with van der Waals surface area (Å²) in [5.74, 6) is 1.34. The fourth-order valence-corrected chi connectivity index (χ4v) is 2.29. The summed E-state index contributed by atoms with van der Waals surface area (Å²) >= 11 is 0. The van der Waals surface area contributed by atoms with Crippen molar-refractivity contribution in [3.63, 3.8) is 0 Å². The molecule has 2 aromatic rings. The van der Waals surface area contributed by atoms with Crippen molar-refractivity contribution in [3.05, 3.63) is 58.5 Å².